The summed E-state index contributed by atoms with van der Waals surface area (Å²) in [5, 5.41) is 5.99. The Morgan fingerprint density at radius 3 is 2.54 bits per heavy atom. The van der Waals surface area contributed by atoms with Crippen LogP contribution in [-0.4, -0.2) is 29.1 Å². The lowest BCUT2D eigenvalue weighted by molar-refractivity contribution is 0.0945. The van der Waals surface area contributed by atoms with E-state index in [2.05, 4.69) is 20.6 Å². The molecule has 1 amide bonds. The molecule has 1 aliphatic heterocycles. The van der Waals surface area contributed by atoms with Crippen molar-refractivity contribution in [1.82, 2.24) is 15.3 Å². The summed E-state index contributed by atoms with van der Waals surface area (Å²) in [4.78, 5) is 20.7. The van der Waals surface area contributed by atoms with E-state index in [1.165, 1.54) is 18.0 Å². The van der Waals surface area contributed by atoms with Crippen molar-refractivity contribution >= 4 is 17.4 Å². The molecule has 0 bridgehead atoms. The Kier molecular flexibility index (Phi) is 5.05. The largest absolute Gasteiger partial charge is 0.486 e. The van der Waals surface area contributed by atoms with Crippen molar-refractivity contribution in [2.24, 2.45) is 0 Å². The lowest BCUT2D eigenvalue weighted by Crippen LogP contribution is -2.24. The van der Waals surface area contributed by atoms with E-state index in [1.54, 1.807) is 0 Å². The Balaban J connectivity index is 1.36. The first kappa shape index (κ1) is 17.8. The number of anilines is 2. The van der Waals surface area contributed by atoms with Gasteiger partial charge in [0, 0.05) is 18.3 Å². The number of hydrogen-bond donors (Lipinski definition) is 2. The van der Waals surface area contributed by atoms with Crippen LogP contribution < -0.4 is 20.1 Å². The maximum Gasteiger partial charge on any atom is 0.271 e. The second-order valence-corrected chi connectivity index (χ2v) is 6.44. The molecule has 0 atom stereocenters. The first-order valence-corrected chi connectivity index (χ1v) is 9.00. The summed E-state index contributed by atoms with van der Waals surface area (Å²) in [6.45, 7) is 3.55. The van der Waals surface area contributed by atoms with Gasteiger partial charge in [-0.15, -0.1) is 0 Å². The summed E-state index contributed by atoms with van der Waals surface area (Å²) in [6.07, 6.45) is 2.97. The minimum Gasteiger partial charge on any atom is -0.486 e. The van der Waals surface area contributed by atoms with Gasteiger partial charge in [0.1, 0.15) is 24.7 Å². The minimum absolute atomic E-state index is 0.264. The third kappa shape index (κ3) is 4.20. The molecule has 0 unspecified atom stereocenters. The van der Waals surface area contributed by atoms with Gasteiger partial charge in [-0.25, -0.2) is 9.97 Å². The topological polar surface area (TPSA) is 85.4 Å². The van der Waals surface area contributed by atoms with Crippen LogP contribution in [0.1, 0.15) is 21.6 Å². The smallest absolute Gasteiger partial charge is 0.271 e. The first-order chi connectivity index (χ1) is 13.7. The molecule has 4 rings (SSSR count). The number of ether oxygens (including phenoxy) is 2. The number of rotatable bonds is 5. The number of nitrogens with zero attached hydrogens (tertiary/aromatic N) is 2. The Morgan fingerprint density at radius 2 is 1.79 bits per heavy atom. The number of aryl methyl sites for hydroxylation is 1. The molecule has 0 radical (unpaired) electrons. The van der Waals surface area contributed by atoms with E-state index in [9.17, 15) is 4.79 Å². The number of fused-ring (bicyclic) bond motifs is 1. The van der Waals surface area contributed by atoms with Crippen LogP contribution in [0.15, 0.2) is 54.9 Å². The van der Waals surface area contributed by atoms with Crippen molar-refractivity contribution in [2.45, 2.75) is 13.5 Å². The summed E-state index contributed by atoms with van der Waals surface area (Å²) in [6, 6.07) is 13.6. The zero-order valence-electron chi connectivity index (χ0n) is 15.4. The summed E-state index contributed by atoms with van der Waals surface area (Å²) >= 11 is 0. The fraction of sp³-hybridized carbons (Fsp3) is 0.190. The summed E-state index contributed by atoms with van der Waals surface area (Å²) in [5.74, 6) is 1.69. The van der Waals surface area contributed by atoms with E-state index in [-0.39, 0.29) is 11.6 Å². The molecule has 1 aromatic heterocycles. The highest BCUT2D eigenvalue weighted by Gasteiger charge is 2.12. The molecule has 1 aliphatic rings. The van der Waals surface area contributed by atoms with Gasteiger partial charge in [0.15, 0.2) is 11.5 Å². The summed E-state index contributed by atoms with van der Waals surface area (Å²) in [7, 11) is 0. The van der Waals surface area contributed by atoms with Crippen LogP contribution in [-0.2, 0) is 6.54 Å². The average Bonchev–Trinajstić information content (AvgIpc) is 2.73. The third-order valence-electron chi connectivity index (χ3n) is 4.27. The predicted octanol–water partition coefficient (Wildman–Crippen LogP) is 3.23. The molecule has 0 aliphatic carbocycles. The monoisotopic (exact) mass is 376 g/mol. The molecule has 142 valence electrons. The number of hydrogen-bond acceptors (Lipinski definition) is 6. The second kappa shape index (κ2) is 7.96. The lowest BCUT2D eigenvalue weighted by Gasteiger charge is -2.19. The lowest BCUT2D eigenvalue weighted by atomic mass is 10.1. The molecule has 7 heteroatoms. The van der Waals surface area contributed by atoms with Crippen molar-refractivity contribution < 1.29 is 14.3 Å². The maximum atomic E-state index is 12.3. The maximum absolute atomic E-state index is 12.3. The second-order valence-electron chi connectivity index (χ2n) is 6.44. The summed E-state index contributed by atoms with van der Waals surface area (Å²) in [5.41, 5.74) is 3.28. The van der Waals surface area contributed by atoms with Gasteiger partial charge in [0.2, 0.25) is 0 Å². The molecule has 3 aromatic rings. The first-order valence-electron chi connectivity index (χ1n) is 9.00. The van der Waals surface area contributed by atoms with Crippen LogP contribution in [0.25, 0.3) is 0 Å². The third-order valence-corrected chi connectivity index (χ3v) is 4.27. The van der Waals surface area contributed by atoms with Gasteiger partial charge in [-0.05, 0) is 24.6 Å². The minimum atomic E-state index is -0.265. The predicted molar refractivity (Wildman–Crippen MR) is 105 cm³/mol. The molecular weight excluding hydrogens is 356 g/mol. The van der Waals surface area contributed by atoms with Crippen molar-refractivity contribution in [3.8, 4) is 11.5 Å². The molecule has 2 heterocycles. The van der Waals surface area contributed by atoms with Gasteiger partial charge in [0.05, 0.1) is 12.4 Å². The number of carbonyl (C=O) groups excluding carboxylic acids is 1. The molecule has 2 aromatic carbocycles. The Bertz CT molecular complexity index is 972. The Hall–Kier alpha value is -3.61. The molecular formula is C21H20N4O3. The number of carbonyl (C=O) groups is 1. The SMILES string of the molecule is Cc1ccc(CNC(=O)c2cnc(Nc3ccc4c(c3)OCCO4)cn2)cc1. The van der Waals surface area contributed by atoms with Crippen molar-refractivity contribution in [3.05, 3.63) is 71.7 Å². The van der Waals surface area contributed by atoms with E-state index in [0.29, 0.717) is 31.3 Å². The van der Waals surface area contributed by atoms with Gasteiger partial charge < -0.3 is 20.1 Å². The van der Waals surface area contributed by atoms with Crippen LogP contribution in [0, 0.1) is 6.92 Å². The zero-order valence-corrected chi connectivity index (χ0v) is 15.4. The Labute approximate surface area is 162 Å². The normalized spacial score (nSPS) is 12.3. The number of benzene rings is 2. The van der Waals surface area contributed by atoms with Crippen molar-refractivity contribution in [3.63, 3.8) is 0 Å². The van der Waals surface area contributed by atoms with Gasteiger partial charge >= 0.3 is 0 Å². The fourth-order valence-corrected chi connectivity index (χ4v) is 2.76. The molecule has 28 heavy (non-hydrogen) atoms. The zero-order chi connectivity index (χ0) is 19.3. The van der Waals surface area contributed by atoms with E-state index < -0.39 is 0 Å². The summed E-state index contributed by atoms with van der Waals surface area (Å²) < 4.78 is 11.1. The van der Waals surface area contributed by atoms with E-state index in [4.69, 9.17) is 9.47 Å². The molecule has 0 spiro atoms. The Morgan fingerprint density at radius 1 is 1.00 bits per heavy atom. The van der Waals surface area contributed by atoms with Gasteiger partial charge in [-0.3, -0.25) is 4.79 Å². The van der Waals surface area contributed by atoms with Gasteiger partial charge in [-0.1, -0.05) is 29.8 Å². The van der Waals surface area contributed by atoms with E-state index >= 15 is 0 Å². The highest BCUT2D eigenvalue weighted by Crippen LogP contribution is 2.33. The van der Waals surface area contributed by atoms with Crippen molar-refractivity contribution in [1.29, 1.82) is 0 Å². The van der Waals surface area contributed by atoms with E-state index in [0.717, 1.165) is 17.0 Å². The van der Waals surface area contributed by atoms with Crippen molar-refractivity contribution in [2.75, 3.05) is 18.5 Å². The highest BCUT2D eigenvalue weighted by atomic mass is 16.6. The van der Waals surface area contributed by atoms with Crippen LogP contribution in [0.5, 0.6) is 11.5 Å². The highest BCUT2D eigenvalue weighted by molar-refractivity contribution is 5.92. The number of nitrogens with one attached hydrogen (secondary N) is 2. The van der Waals surface area contributed by atoms with Crippen LogP contribution in [0.4, 0.5) is 11.5 Å². The molecule has 0 saturated carbocycles. The van der Waals surface area contributed by atoms with Crippen LogP contribution in [0.2, 0.25) is 0 Å². The van der Waals surface area contributed by atoms with Crippen LogP contribution >= 0.6 is 0 Å². The molecule has 0 fully saturated rings. The molecule has 0 saturated heterocycles. The van der Waals surface area contributed by atoms with Crippen LogP contribution in [0.3, 0.4) is 0 Å². The number of amides is 1. The fourth-order valence-electron chi connectivity index (χ4n) is 2.76. The average molecular weight is 376 g/mol. The van der Waals surface area contributed by atoms with E-state index in [1.807, 2.05) is 49.4 Å². The van der Waals surface area contributed by atoms with Gasteiger partial charge in [-0.2, -0.15) is 0 Å². The number of aromatic nitrogens is 2. The molecule has 2 N–H and O–H groups in total. The standard InChI is InChI=1S/C21H20N4O3/c1-14-2-4-15(5-3-14)11-24-21(26)17-12-23-20(13-22-17)25-16-6-7-18-19(10-16)28-9-8-27-18/h2-7,10,12-13H,8-9,11H2,1H3,(H,23,25)(H,24,26). The molecule has 7 nitrogen and oxygen atoms in total. The quantitative estimate of drug-likeness (QED) is 0.711. The van der Waals surface area contributed by atoms with Gasteiger partial charge in [0.25, 0.3) is 5.91 Å².